The average molecular weight is 421 g/mol. The number of ether oxygens (including phenoxy) is 1. The van der Waals surface area contributed by atoms with Crippen LogP contribution in [0.3, 0.4) is 0 Å². The van der Waals surface area contributed by atoms with E-state index in [0.29, 0.717) is 29.6 Å². The first-order valence-electron chi connectivity index (χ1n) is 10.7. The van der Waals surface area contributed by atoms with Crippen LogP contribution in [0.15, 0.2) is 53.3 Å². The van der Waals surface area contributed by atoms with Gasteiger partial charge < -0.3 is 15.0 Å². The normalized spacial score (nSPS) is 15.1. The zero-order valence-corrected chi connectivity index (χ0v) is 17.8. The highest BCUT2D eigenvalue weighted by Gasteiger charge is 2.21. The molecular weight excluding hydrogens is 392 g/mol. The number of fused-ring (bicyclic) bond motifs is 1. The Bertz CT molecular complexity index is 1100. The Labute approximate surface area is 181 Å². The number of piperidine rings is 1. The molecule has 162 valence electrons. The molecule has 4 rings (SSSR count). The van der Waals surface area contributed by atoms with Crippen LogP contribution in [0.4, 0.5) is 0 Å². The van der Waals surface area contributed by atoms with Crippen LogP contribution >= 0.6 is 0 Å². The maximum absolute atomic E-state index is 12.4. The maximum Gasteiger partial charge on any atom is 0.258 e. The van der Waals surface area contributed by atoms with E-state index in [-0.39, 0.29) is 17.5 Å². The summed E-state index contributed by atoms with van der Waals surface area (Å²) >= 11 is 0. The quantitative estimate of drug-likeness (QED) is 0.614. The third-order valence-electron chi connectivity index (χ3n) is 5.79. The second-order valence-electron chi connectivity index (χ2n) is 7.96. The van der Waals surface area contributed by atoms with Gasteiger partial charge in [0.2, 0.25) is 5.91 Å². The van der Waals surface area contributed by atoms with Gasteiger partial charge in [-0.3, -0.25) is 14.5 Å². The minimum absolute atomic E-state index is 0.000939. The Balaban J connectivity index is 1.24. The molecule has 2 heterocycles. The van der Waals surface area contributed by atoms with E-state index >= 15 is 0 Å². The van der Waals surface area contributed by atoms with Crippen molar-refractivity contribution >= 4 is 16.8 Å². The first kappa shape index (κ1) is 21.1. The van der Waals surface area contributed by atoms with Crippen molar-refractivity contribution in [3.05, 3.63) is 70.3 Å². The molecule has 7 heteroatoms. The van der Waals surface area contributed by atoms with Crippen LogP contribution in [0.5, 0.6) is 5.75 Å². The summed E-state index contributed by atoms with van der Waals surface area (Å²) in [6.07, 6.45) is 2.57. The number of nitrogens with zero attached hydrogens (tertiary/aromatic N) is 2. The van der Waals surface area contributed by atoms with Gasteiger partial charge in [0.1, 0.15) is 11.6 Å². The zero-order chi connectivity index (χ0) is 21.6. The number of methoxy groups -OCH3 is 1. The van der Waals surface area contributed by atoms with Crippen molar-refractivity contribution in [1.29, 1.82) is 0 Å². The van der Waals surface area contributed by atoms with Crippen molar-refractivity contribution in [2.45, 2.75) is 38.3 Å². The first-order valence-corrected chi connectivity index (χ1v) is 10.7. The van der Waals surface area contributed by atoms with Crippen LogP contribution in [-0.2, 0) is 17.8 Å². The number of nitrogens with one attached hydrogen (secondary N) is 2. The van der Waals surface area contributed by atoms with E-state index in [0.717, 1.165) is 38.2 Å². The molecule has 2 aromatic carbocycles. The van der Waals surface area contributed by atoms with E-state index in [9.17, 15) is 9.59 Å². The Morgan fingerprint density at radius 1 is 1.16 bits per heavy atom. The summed E-state index contributed by atoms with van der Waals surface area (Å²) in [5.41, 5.74) is 1.68. The minimum atomic E-state index is -0.163. The number of hydrogen-bond donors (Lipinski definition) is 2. The number of aromatic nitrogens is 2. The number of amides is 1. The lowest BCUT2D eigenvalue weighted by atomic mass is 10.0. The summed E-state index contributed by atoms with van der Waals surface area (Å²) < 4.78 is 5.44. The van der Waals surface area contributed by atoms with Gasteiger partial charge in [-0.05, 0) is 31.0 Å². The molecular formula is C24H28N4O3. The van der Waals surface area contributed by atoms with Gasteiger partial charge in [-0.2, -0.15) is 0 Å². The molecule has 3 aromatic rings. The summed E-state index contributed by atoms with van der Waals surface area (Å²) in [6.45, 7) is 2.72. The van der Waals surface area contributed by atoms with Gasteiger partial charge in [0, 0.05) is 44.1 Å². The minimum Gasteiger partial charge on any atom is -0.496 e. The molecule has 0 unspecified atom stereocenters. The lowest BCUT2D eigenvalue weighted by Gasteiger charge is -2.32. The molecule has 1 aromatic heterocycles. The van der Waals surface area contributed by atoms with Gasteiger partial charge in [-0.25, -0.2) is 4.98 Å². The van der Waals surface area contributed by atoms with Crippen molar-refractivity contribution in [2.75, 3.05) is 20.2 Å². The smallest absolute Gasteiger partial charge is 0.258 e. The molecule has 31 heavy (non-hydrogen) atoms. The fourth-order valence-corrected chi connectivity index (χ4v) is 4.09. The lowest BCUT2D eigenvalue weighted by Crippen LogP contribution is -2.44. The fourth-order valence-electron chi connectivity index (χ4n) is 4.09. The molecule has 1 amide bonds. The highest BCUT2D eigenvalue weighted by molar-refractivity contribution is 5.78. The number of likely N-dealkylation sites (tertiary alicyclic amines) is 1. The van der Waals surface area contributed by atoms with Crippen LogP contribution in [0.1, 0.15) is 30.7 Å². The number of aryl methyl sites for hydroxylation is 1. The predicted octanol–water partition coefficient (Wildman–Crippen LogP) is 2.65. The van der Waals surface area contributed by atoms with Gasteiger partial charge in [0.25, 0.3) is 5.56 Å². The van der Waals surface area contributed by atoms with Gasteiger partial charge in [-0.15, -0.1) is 0 Å². The highest BCUT2D eigenvalue weighted by Crippen LogP contribution is 2.21. The third-order valence-corrected chi connectivity index (χ3v) is 5.79. The van der Waals surface area contributed by atoms with E-state index in [1.165, 1.54) is 5.56 Å². The summed E-state index contributed by atoms with van der Waals surface area (Å²) in [7, 11) is 1.70. The molecule has 1 fully saturated rings. The predicted molar refractivity (Wildman–Crippen MR) is 120 cm³/mol. The Morgan fingerprint density at radius 3 is 2.71 bits per heavy atom. The monoisotopic (exact) mass is 420 g/mol. The summed E-state index contributed by atoms with van der Waals surface area (Å²) in [5, 5.41) is 3.70. The molecule has 0 bridgehead atoms. The summed E-state index contributed by atoms with van der Waals surface area (Å²) in [6, 6.07) is 15.5. The third kappa shape index (κ3) is 5.30. The standard InChI is InChI=1S/C24H28N4O3/c1-31-21-9-5-2-6-17(21)16-28-14-12-18(13-15-28)25-23(29)11-10-22-26-20-8-4-3-7-19(20)24(30)27-22/h2-9,18H,10-16H2,1H3,(H,25,29)(H,26,27,30). The van der Waals surface area contributed by atoms with E-state index in [4.69, 9.17) is 4.74 Å². The number of aromatic amines is 1. The van der Waals surface area contributed by atoms with Crippen molar-refractivity contribution in [3.8, 4) is 5.75 Å². The van der Waals surface area contributed by atoms with Gasteiger partial charge in [-0.1, -0.05) is 30.3 Å². The molecule has 1 saturated heterocycles. The van der Waals surface area contributed by atoms with Crippen LogP contribution < -0.4 is 15.6 Å². The Morgan fingerprint density at radius 2 is 1.90 bits per heavy atom. The topological polar surface area (TPSA) is 87.3 Å². The number of H-pyrrole nitrogens is 1. The number of carbonyl (C=O) groups excluding carboxylic acids is 1. The van der Waals surface area contributed by atoms with Crippen LogP contribution in [-0.4, -0.2) is 47.0 Å². The first-order chi connectivity index (χ1) is 15.1. The number of rotatable bonds is 7. The molecule has 0 atom stereocenters. The molecule has 7 nitrogen and oxygen atoms in total. The Kier molecular flexibility index (Phi) is 6.62. The molecule has 0 radical (unpaired) electrons. The second-order valence-corrected chi connectivity index (χ2v) is 7.96. The van der Waals surface area contributed by atoms with Crippen molar-refractivity contribution in [3.63, 3.8) is 0 Å². The molecule has 0 aliphatic carbocycles. The number of hydrogen-bond acceptors (Lipinski definition) is 5. The SMILES string of the molecule is COc1ccccc1CN1CCC(NC(=O)CCc2nc3ccccc3c(=O)[nH]2)CC1. The summed E-state index contributed by atoms with van der Waals surface area (Å²) in [4.78, 5) is 34.2. The molecule has 1 aliphatic heterocycles. The van der Waals surface area contributed by atoms with Gasteiger partial charge in [0.05, 0.1) is 18.0 Å². The van der Waals surface area contributed by atoms with E-state index < -0.39 is 0 Å². The molecule has 2 N–H and O–H groups in total. The van der Waals surface area contributed by atoms with Gasteiger partial charge >= 0.3 is 0 Å². The average Bonchev–Trinajstić information content (AvgIpc) is 2.79. The van der Waals surface area contributed by atoms with E-state index in [1.807, 2.05) is 36.4 Å². The Hall–Kier alpha value is -3.19. The number of benzene rings is 2. The van der Waals surface area contributed by atoms with Gasteiger partial charge in [0.15, 0.2) is 0 Å². The molecule has 0 saturated carbocycles. The molecule has 1 aliphatic rings. The van der Waals surface area contributed by atoms with Crippen molar-refractivity contribution < 1.29 is 9.53 Å². The van der Waals surface area contributed by atoms with Crippen LogP contribution in [0.25, 0.3) is 10.9 Å². The highest BCUT2D eigenvalue weighted by atomic mass is 16.5. The van der Waals surface area contributed by atoms with Crippen LogP contribution in [0.2, 0.25) is 0 Å². The van der Waals surface area contributed by atoms with Crippen LogP contribution in [0, 0.1) is 0 Å². The maximum atomic E-state index is 12.4. The largest absolute Gasteiger partial charge is 0.496 e. The summed E-state index contributed by atoms with van der Waals surface area (Å²) in [5.74, 6) is 1.46. The number of carbonyl (C=O) groups is 1. The number of para-hydroxylation sites is 2. The lowest BCUT2D eigenvalue weighted by molar-refractivity contribution is -0.122. The fraction of sp³-hybridized carbons (Fsp3) is 0.375. The zero-order valence-electron chi connectivity index (χ0n) is 17.8. The second kappa shape index (κ2) is 9.75. The van der Waals surface area contributed by atoms with E-state index in [1.54, 1.807) is 13.2 Å². The van der Waals surface area contributed by atoms with Crippen molar-refractivity contribution in [2.24, 2.45) is 0 Å². The molecule has 0 spiro atoms. The van der Waals surface area contributed by atoms with E-state index in [2.05, 4.69) is 26.3 Å². The van der Waals surface area contributed by atoms with Crippen molar-refractivity contribution in [1.82, 2.24) is 20.2 Å².